The van der Waals surface area contributed by atoms with Gasteiger partial charge in [0.15, 0.2) is 0 Å². The lowest BCUT2D eigenvalue weighted by Crippen LogP contribution is -2.33. The number of aromatic hydroxyl groups is 1. The predicted molar refractivity (Wildman–Crippen MR) is 62.2 cm³/mol. The molecule has 0 saturated heterocycles. The number of phenolic OH excluding ortho intramolecular Hbond substituents is 1. The smallest absolute Gasteiger partial charge is 0.224 e. The van der Waals surface area contributed by atoms with Crippen LogP contribution in [0.15, 0.2) is 24.3 Å². The Morgan fingerprint density at radius 2 is 2.00 bits per heavy atom. The normalized spacial score (nSPS) is 16.2. The molecule has 0 atom stereocenters. The van der Waals surface area contributed by atoms with Gasteiger partial charge < -0.3 is 10.4 Å². The van der Waals surface area contributed by atoms with Crippen LogP contribution < -0.4 is 5.32 Å². The lowest BCUT2D eigenvalue weighted by Gasteiger charge is -2.12. The van der Waals surface area contributed by atoms with Gasteiger partial charge >= 0.3 is 0 Å². The summed E-state index contributed by atoms with van der Waals surface area (Å²) in [6, 6.07) is 7.33. The van der Waals surface area contributed by atoms with Crippen molar-refractivity contribution in [2.75, 3.05) is 0 Å². The average molecular weight is 219 g/mol. The van der Waals surface area contributed by atoms with E-state index >= 15 is 0 Å². The monoisotopic (exact) mass is 219 g/mol. The SMILES string of the molecule is O=C(Cc1ccccc1O)NC1CCCC1. The molecule has 1 aliphatic carbocycles. The number of hydrogen-bond donors (Lipinski definition) is 2. The molecule has 0 aliphatic heterocycles. The molecule has 3 nitrogen and oxygen atoms in total. The predicted octanol–water partition coefficient (Wildman–Crippen LogP) is 1.99. The fourth-order valence-corrected chi connectivity index (χ4v) is 2.18. The lowest BCUT2D eigenvalue weighted by molar-refractivity contribution is -0.121. The number of para-hydroxylation sites is 1. The number of nitrogens with one attached hydrogen (secondary N) is 1. The van der Waals surface area contributed by atoms with Crippen molar-refractivity contribution in [2.24, 2.45) is 0 Å². The Balaban J connectivity index is 1.89. The average Bonchev–Trinajstić information content (AvgIpc) is 2.74. The summed E-state index contributed by atoms with van der Waals surface area (Å²) in [5, 5.41) is 12.5. The number of phenols is 1. The summed E-state index contributed by atoms with van der Waals surface area (Å²) in [5.41, 5.74) is 0.693. The molecule has 3 heteroatoms. The van der Waals surface area contributed by atoms with Gasteiger partial charge in [0.05, 0.1) is 6.42 Å². The Bertz CT molecular complexity index is 370. The molecular weight excluding hydrogens is 202 g/mol. The van der Waals surface area contributed by atoms with Crippen molar-refractivity contribution in [3.63, 3.8) is 0 Å². The van der Waals surface area contributed by atoms with Crippen LogP contribution >= 0.6 is 0 Å². The lowest BCUT2D eigenvalue weighted by atomic mass is 10.1. The Labute approximate surface area is 95.5 Å². The molecule has 1 aromatic rings. The molecule has 16 heavy (non-hydrogen) atoms. The first-order valence-corrected chi connectivity index (χ1v) is 5.82. The molecule has 2 rings (SSSR count). The van der Waals surface area contributed by atoms with E-state index in [1.807, 2.05) is 6.07 Å². The van der Waals surface area contributed by atoms with Gasteiger partial charge in [-0.05, 0) is 18.9 Å². The van der Waals surface area contributed by atoms with E-state index < -0.39 is 0 Å². The standard InChI is InChI=1S/C13H17NO2/c15-12-8-4-1-5-10(12)9-13(16)14-11-6-2-3-7-11/h1,4-5,8,11,15H,2-3,6-7,9H2,(H,14,16). The summed E-state index contributed by atoms with van der Waals surface area (Å²) in [6.45, 7) is 0. The zero-order valence-electron chi connectivity index (χ0n) is 9.28. The van der Waals surface area contributed by atoms with Crippen LogP contribution in [0.2, 0.25) is 0 Å². The van der Waals surface area contributed by atoms with Crippen LogP contribution in [0.3, 0.4) is 0 Å². The molecule has 86 valence electrons. The quantitative estimate of drug-likeness (QED) is 0.816. The molecular formula is C13H17NO2. The van der Waals surface area contributed by atoms with Gasteiger partial charge in [-0.1, -0.05) is 31.0 Å². The second-order valence-electron chi connectivity index (χ2n) is 4.35. The van der Waals surface area contributed by atoms with Crippen molar-refractivity contribution >= 4 is 5.91 Å². The fraction of sp³-hybridized carbons (Fsp3) is 0.462. The molecule has 0 heterocycles. The number of rotatable bonds is 3. The van der Waals surface area contributed by atoms with Gasteiger partial charge in [0.2, 0.25) is 5.91 Å². The van der Waals surface area contributed by atoms with Crippen molar-refractivity contribution in [3.05, 3.63) is 29.8 Å². The number of amides is 1. The minimum absolute atomic E-state index is 0.00778. The van der Waals surface area contributed by atoms with Gasteiger partial charge in [0, 0.05) is 11.6 Å². The maximum absolute atomic E-state index is 11.7. The summed E-state index contributed by atoms with van der Waals surface area (Å²) >= 11 is 0. The minimum Gasteiger partial charge on any atom is -0.508 e. The van der Waals surface area contributed by atoms with E-state index in [2.05, 4.69) is 5.32 Å². The van der Waals surface area contributed by atoms with E-state index in [0.717, 1.165) is 12.8 Å². The highest BCUT2D eigenvalue weighted by molar-refractivity contribution is 5.79. The molecule has 1 amide bonds. The second kappa shape index (κ2) is 5.01. The summed E-state index contributed by atoms with van der Waals surface area (Å²) in [5.74, 6) is 0.206. The molecule has 0 radical (unpaired) electrons. The van der Waals surface area contributed by atoms with Crippen LogP contribution in [0, 0.1) is 0 Å². The van der Waals surface area contributed by atoms with Crippen molar-refractivity contribution in [2.45, 2.75) is 38.1 Å². The van der Waals surface area contributed by atoms with E-state index in [-0.39, 0.29) is 18.1 Å². The topological polar surface area (TPSA) is 49.3 Å². The Morgan fingerprint density at radius 1 is 1.31 bits per heavy atom. The first kappa shape index (κ1) is 11.0. The van der Waals surface area contributed by atoms with Gasteiger partial charge in [0.25, 0.3) is 0 Å². The zero-order valence-corrected chi connectivity index (χ0v) is 9.28. The van der Waals surface area contributed by atoms with Gasteiger partial charge in [-0.15, -0.1) is 0 Å². The fourth-order valence-electron chi connectivity index (χ4n) is 2.18. The van der Waals surface area contributed by atoms with E-state index in [1.165, 1.54) is 12.8 Å². The van der Waals surface area contributed by atoms with E-state index in [4.69, 9.17) is 0 Å². The second-order valence-corrected chi connectivity index (χ2v) is 4.35. The Morgan fingerprint density at radius 3 is 2.69 bits per heavy atom. The summed E-state index contributed by atoms with van der Waals surface area (Å²) in [6.07, 6.45) is 4.87. The molecule has 1 aliphatic rings. The maximum Gasteiger partial charge on any atom is 0.224 e. The van der Waals surface area contributed by atoms with E-state index in [0.29, 0.717) is 11.6 Å². The van der Waals surface area contributed by atoms with Crippen molar-refractivity contribution in [1.82, 2.24) is 5.32 Å². The summed E-state index contributed by atoms with van der Waals surface area (Å²) in [7, 11) is 0. The largest absolute Gasteiger partial charge is 0.508 e. The number of hydrogen-bond acceptors (Lipinski definition) is 2. The third kappa shape index (κ3) is 2.75. The molecule has 0 aromatic heterocycles. The van der Waals surface area contributed by atoms with Crippen LogP contribution in [-0.2, 0) is 11.2 Å². The summed E-state index contributed by atoms with van der Waals surface area (Å²) < 4.78 is 0. The molecule has 0 bridgehead atoms. The van der Waals surface area contributed by atoms with Gasteiger partial charge in [-0.3, -0.25) is 4.79 Å². The Hall–Kier alpha value is -1.51. The third-order valence-corrected chi connectivity index (χ3v) is 3.06. The molecule has 0 unspecified atom stereocenters. The van der Waals surface area contributed by atoms with Gasteiger partial charge in [0.1, 0.15) is 5.75 Å². The molecule has 2 N–H and O–H groups in total. The highest BCUT2D eigenvalue weighted by Crippen LogP contribution is 2.19. The maximum atomic E-state index is 11.7. The van der Waals surface area contributed by atoms with Gasteiger partial charge in [-0.25, -0.2) is 0 Å². The first-order valence-electron chi connectivity index (χ1n) is 5.82. The van der Waals surface area contributed by atoms with E-state index in [1.54, 1.807) is 18.2 Å². The summed E-state index contributed by atoms with van der Waals surface area (Å²) in [4.78, 5) is 11.7. The zero-order chi connectivity index (χ0) is 11.4. The molecule has 1 aromatic carbocycles. The highest BCUT2D eigenvalue weighted by atomic mass is 16.3. The van der Waals surface area contributed by atoms with Crippen LogP contribution in [-0.4, -0.2) is 17.1 Å². The van der Waals surface area contributed by atoms with Crippen LogP contribution in [0.4, 0.5) is 0 Å². The number of carbonyl (C=O) groups is 1. The third-order valence-electron chi connectivity index (χ3n) is 3.06. The van der Waals surface area contributed by atoms with Crippen molar-refractivity contribution in [3.8, 4) is 5.75 Å². The van der Waals surface area contributed by atoms with Gasteiger partial charge in [-0.2, -0.15) is 0 Å². The van der Waals surface area contributed by atoms with Crippen LogP contribution in [0.25, 0.3) is 0 Å². The van der Waals surface area contributed by atoms with Crippen LogP contribution in [0.5, 0.6) is 5.75 Å². The number of carbonyl (C=O) groups excluding carboxylic acids is 1. The molecule has 1 saturated carbocycles. The van der Waals surface area contributed by atoms with Crippen LogP contribution in [0.1, 0.15) is 31.2 Å². The minimum atomic E-state index is 0.00778. The first-order chi connectivity index (χ1) is 7.75. The van der Waals surface area contributed by atoms with Crippen molar-refractivity contribution in [1.29, 1.82) is 0 Å². The van der Waals surface area contributed by atoms with Crippen molar-refractivity contribution < 1.29 is 9.90 Å². The highest BCUT2D eigenvalue weighted by Gasteiger charge is 2.17. The molecule has 0 spiro atoms. The Kier molecular flexibility index (Phi) is 3.44. The number of benzene rings is 1. The molecule has 1 fully saturated rings. The van der Waals surface area contributed by atoms with E-state index in [9.17, 15) is 9.90 Å².